The van der Waals surface area contributed by atoms with Crippen molar-refractivity contribution in [3.63, 3.8) is 0 Å². The van der Waals surface area contributed by atoms with Crippen LogP contribution in [0.5, 0.6) is 0 Å². The van der Waals surface area contributed by atoms with E-state index in [4.69, 9.17) is 4.74 Å². The molecule has 1 aromatic rings. The Bertz CT molecular complexity index is 436. The summed E-state index contributed by atoms with van der Waals surface area (Å²) in [7, 11) is 0. The molecular weight excluding hydrogens is 208 g/mol. The number of hydrogen-bond donors (Lipinski definition) is 0. The van der Waals surface area contributed by atoms with E-state index in [0.717, 1.165) is 0 Å². The Morgan fingerprint density at radius 3 is 2.50 bits per heavy atom. The summed E-state index contributed by atoms with van der Waals surface area (Å²) in [5.74, 6) is -1.11. The van der Waals surface area contributed by atoms with Crippen LogP contribution in [0.15, 0.2) is 30.3 Å². The summed E-state index contributed by atoms with van der Waals surface area (Å²) in [5.41, 5.74) is 0.426. The molecule has 1 heterocycles. The lowest BCUT2D eigenvalue weighted by molar-refractivity contribution is -0.142. The Morgan fingerprint density at radius 1 is 1.19 bits per heavy atom. The summed E-state index contributed by atoms with van der Waals surface area (Å²) in [4.78, 5) is 34.2. The van der Waals surface area contributed by atoms with Gasteiger partial charge in [-0.1, -0.05) is 30.3 Å². The second-order valence-electron chi connectivity index (χ2n) is 3.60. The maximum atomic E-state index is 11.9. The molecule has 82 valence electrons. The molecule has 1 fully saturated rings. The SMILES string of the molecule is O=C1COC(C(=O)c2ccccc2)C(=O)C1. The number of carbonyl (C=O) groups is 3. The first-order valence-corrected chi connectivity index (χ1v) is 4.94. The van der Waals surface area contributed by atoms with E-state index in [1.165, 1.54) is 0 Å². The molecule has 1 aliphatic heterocycles. The average molecular weight is 218 g/mol. The van der Waals surface area contributed by atoms with E-state index in [0.29, 0.717) is 5.56 Å². The van der Waals surface area contributed by atoms with Crippen LogP contribution < -0.4 is 0 Å². The number of benzene rings is 1. The van der Waals surface area contributed by atoms with Gasteiger partial charge in [0.25, 0.3) is 0 Å². The van der Waals surface area contributed by atoms with Gasteiger partial charge in [-0.15, -0.1) is 0 Å². The highest BCUT2D eigenvalue weighted by Crippen LogP contribution is 2.13. The molecule has 0 radical (unpaired) electrons. The van der Waals surface area contributed by atoms with E-state index >= 15 is 0 Å². The topological polar surface area (TPSA) is 60.4 Å². The number of carbonyl (C=O) groups excluding carboxylic acids is 3. The third-order valence-electron chi connectivity index (χ3n) is 2.37. The van der Waals surface area contributed by atoms with Gasteiger partial charge in [0.15, 0.2) is 23.5 Å². The fourth-order valence-electron chi connectivity index (χ4n) is 1.58. The summed E-state index contributed by atoms with van der Waals surface area (Å²) in [6.07, 6.45) is -1.32. The molecular formula is C12H10O4. The zero-order valence-electron chi connectivity index (χ0n) is 8.51. The smallest absolute Gasteiger partial charge is 0.199 e. The van der Waals surface area contributed by atoms with Crippen molar-refractivity contribution in [2.45, 2.75) is 12.5 Å². The molecule has 0 bridgehead atoms. The third-order valence-corrected chi connectivity index (χ3v) is 2.37. The molecule has 1 saturated heterocycles. The van der Waals surface area contributed by atoms with Crippen LogP contribution in [0.1, 0.15) is 16.8 Å². The first-order valence-electron chi connectivity index (χ1n) is 4.94. The lowest BCUT2D eigenvalue weighted by Crippen LogP contribution is -2.40. The predicted molar refractivity (Wildman–Crippen MR) is 55.1 cm³/mol. The molecule has 1 unspecified atom stereocenters. The van der Waals surface area contributed by atoms with Crippen LogP contribution in [0, 0.1) is 0 Å². The maximum Gasteiger partial charge on any atom is 0.199 e. The second-order valence-corrected chi connectivity index (χ2v) is 3.60. The fraction of sp³-hybridized carbons (Fsp3) is 0.250. The second kappa shape index (κ2) is 4.37. The van der Waals surface area contributed by atoms with Gasteiger partial charge in [-0.25, -0.2) is 0 Å². The molecule has 0 saturated carbocycles. The van der Waals surface area contributed by atoms with Gasteiger partial charge in [-0.3, -0.25) is 14.4 Å². The average Bonchev–Trinajstić information content (AvgIpc) is 2.29. The summed E-state index contributed by atoms with van der Waals surface area (Å²) < 4.78 is 4.97. The van der Waals surface area contributed by atoms with E-state index in [1.54, 1.807) is 30.3 Å². The van der Waals surface area contributed by atoms with Gasteiger partial charge < -0.3 is 4.74 Å². The number of hydrogen-bond acceptors (Lipinski definition) is 4. The van der Waals surface area contributed by atoms with E-state index < -0.39 is 11.9 Å². The maximum absolute atomic E-state index is 11.9. The minimum absolute atomic E-state index is 0.158. The monoisotopic (exact) mass is 218 g/mol. The first kappa shape index (κ1) is 10.7. The largest absolute Gasteiger partial charge is 0.354 e. The third kappa shape index (κ3) is 2.06. The Morgan fingerprint density at radius 2 is 1.88 bits per heavy atom. The zero-order valence-corrected chi connectivity index (χ0v) is 8.51. The standard InChI is InChI=1S/C12H10O4/c13-9-6-10(14)12(16-7-9)11(15)8-4-2-1-3-5-8/h1-5,12H,6-7H2. The molecule has 0 aromatic heterocycles. The molecule has 1 aliphatic rings. The van der Waals surface area contributed by atoms with Crippen molar-refractivity contribution in [3.05, 3.63) is 35.9 Å². The molecule has 2 rings (SSSR count). The lowest BCUT2D eigenvalue weighted by Gasteiger charge is -2.19. The molecule has 1 aromatic carbocycles. The van der Waals surface area contributed by atoms with Crippen LogP contribution in [0.4, 0.5) is 0 Å². The molecule has 1 atom stereocenters. The van der Waals surface area contributed by atoms with Gasteiger partial charge in [0.2, 0.25) is 0 Å². The van der Waals surface area contributed by atoms with Crippen LogP contribution in [-0.2, 0) is 14.3 Å². The van der Waals surface area contributed by atoms with Crippen LogP contribution in [0.2, 0.25) is 0 Å². The van der Waals surface area contributed by atoms with Crippen LogP contribution in [0.3, 0.4) is 0 Å². The quantitative estimate of drug-likeness (QED) is 0.544. The van der Waals surface area contributed by atoms with Crippen molar-refractivity contribution in [3.8, 4) is 0 Å². The Kier molecular flexibility index (Phi) is 2.92. The van der Waals surface area contributed by atoms with Crippen molar-refractivity contribution in [2.75, 3.05) is 6.61 Å². The highest BCUT2D eigenvalue weighted by atomic mass is 16.5. The van der Waals surface area contributed by atoms with E-state index in [9.17, 15) is 14.4 Å². The summed E-state index contributed by atoms with van der Waals surface area (Å²) in [6.45, 7) is -0.158. The Hall–Kier alpha value is -1.81. The fourth-order valence-corrected chi connectivity index (χ4v) is 1.58. The van der Waals surface area contributed by atoms with Crippen LogP contribution in [0.25, 0.3) is 0 Å². The van der Waals surface area contributed by atoms with E-state index in [-0.39, 0.29) is 24.6 Å². The normalized spacial score (nSPS) is 20.9. The van der Waals surface area contributed by atoms with Crippen LogP contribution in [-0.4, -0.2) is 30.1 Å². The molecule has 4 heteroatoms. The number of Topliss-reactive ketones (excluding diaryl/α,β-unsaturated/α-hetero) is 3. The molecule has 0 amide bonds. The Labute approximate surface area is 92.2 Å². The van der Waals surface area contributed by atoms with Gasteiger partial charge in [0.1, 0.15) is 6.61 Å². The minimum Gasteiger partial charge on any atom is -0.354 e. The van der Waals surface area contributed by atoms with Gasteiger partial charge >= 0.3 is 0 Å². The zero-order chi connectivity index (χ0) is 11.5. The van der Waals surface area contributed by atoms with Gasteiger partial charge in [0, 0.05) is 5.56 Å². The van der Waals surface area contributed by atoms with Crippen molar-refractivity contribution in [1.82, 2.24) is 0 Å². The van der Waals surface area contributed by atoms with Crippen molar-refractivity contribution in [2.24, 2.45) is 0 Å². The number of rotatable bonds is 2. The Balaban J connectivity index is 2.17. The first-order chi connectivity index (χ1) is 7.68. The highest BCUT2D eigenvalue weighted by molar-refractivity contribution is 6.18. The molecule has 0 spiro atoms. The van der Waals surface area contributed by atoms with Gasteiger partial charge in [-0.2, -0.15) is 0 Å². The predicted octanol–water partition coefficient (Wildman–Crippen LogP) is 0.796. The number of ketones is 3. The summed E-state index contributed by atoms with van der Waals surface area (Å²) in [5, 5.41) is 0. The van der Waals surface area contributed by atoms with E-state index in [2.05, 4.69) is 0 Å². The van der Waals surface area contributed by atoms with Crippen molar-refractivity contribution >= 4 is 17.3 Å². The van der Waals surface area contributed by atoms with Crippen molar-refractivity contribution < 1.29 is 19.1 Å². The molecule has 4 nitrogen and oxygen atoms in total. The van der Waals surface area contributed by atoms with Gasteiger partial charge in [0.05, 0.1) is 6.42 Å². The molecule has 0 aliphatic carbocycles. The van der Waals surface area contributed by atoms with Crippen molar-refractivity contribution in [1.29, 1.82) is 0 Å². The summed E-state index contributed by atoms with van der Waals surface area (Å²) >= 11 is 0. The van der Waals surface area contributed by atoms with Crippen LogP contribution >= 0.6 is 0 Å². The lowest BCUT2D eigenvalue weighted by atomic mass is 9.98. The van der Waals surface area contributed by atoms with Gasteiger partial charge in [-0.05, 0) is 0 Å². The molecule has 16 heavy (non-hydrogen) atoms. The summed E-state index contributed by atoms with van der Waals surface area (Å²) in [6, 6.07) is 8.45. The number of ether oxygens (including phenoxy) is 1. The highest BCUT2D eigenvalue weighted by Gasteiger charge is 2.33. The minimum atomic E-state index is -1.11. The molecule has 0 N–H and O–H groups in total. The van der Waals surface area contributed by atoms with E-state index in [1.807, 2.05) is 0 Å².